The average molecular weight is 199 g/mol. The minimum atomic E-state index is -0.257. The SMILES string of the molecule is CC(Cl)c1noc(-c2ccco2)n1. The summed E-state index contributed by atoms with van der Waals surface area (Å²) in [5.41, 5.74) is 0. The average Bonchev–Trinajstić information content (AvgIpc) is 2.75. The van der Waals surface area contributed by atoms with E-state index in [4.69, 9.17) is 20.5 Å². The summed E-state index contributed by atoms with van der Waals surface area (Å²) in [7, 11) is 0. The highest BCUT2D eigenvalue weighted by Gasteiger charge is 2.13. The molecule has 13 heavy (non-hydrogen) atoms. The van der Waals surface area contributed by atoms with Gasteiger partial charge in [-0.1, -0.05) is 5.16 Å². The van der Waals surface area contributed by atoms with Gasteiger partial charge in [-0.2, -0.15) is 4.98 Å². The van der Waals surface area contributed by atoms with E-state index >= 15 is 0 Å². The lowest BCUT2D eigenvalue weighted by Crippen LogP contribution is -1.86. The van der Waals surface area contributed by atoms with Crippen LogP contribution in [0.15, 0.2) is 27.3 Å². The Labute approximate surface area is 79.5 Å². The fourth-order valence-electron chi connectivity index (χ4n) is 0.897. The number of nitrogens with zero attached hydrogens (tertiary/aromatic N) is 2. The van der Waals surface area contributed by atoms with Crippen LogP contribution in [0.25, 0.3) is 11.7 Å². The first kappa shape index (κ1) is 8.31. The van der Waals surface area contributed by atoms with Crippen molar-refractivity contribution in [2.45, 2.75) is 12.3 Å². The molecule has 68 valence electrons. The zero-order chi connectivity index (χ0) is 9.26. The van der Waals surface area contributed by atoms with E-state index in [9.17, 15) is 0 Å². The lowest BCUT2D eigenvalue weighted by Gasteiger charge is -1.89. The maximum Gasteiger partial charge on any atom is 0.293 e. The molecule has 5 heteroatoms. The Bertz CT molecular complexity index is 381. The van der Waals surface area contributed by atoms with Gasteiger partial charge >= 0.3 is 0 Å². The zero-order valence-electron chi connectivity index (χ0n) is 6.90. The second-order valence-corrected chi connectivity index (χ2v) is 3.21. The quantitative estimate of drug-likeness (QED) is 0.696. The van der Waals surface area contributed by atoms with Gasteiger partial charge in [0.25, 0.3) is 5.89 Å². The van der Waals surface area contributed by atoms with Crippen LogP contribution in [-0.4, -0.2) is 10.1 Å². The largest absolute Gasteiger partial charge is 0.459 e. The normalized spacial score (nSPS) is 13.1. The Morgan fingerprint density at radius 1 is 1.54 bits per heavy atom. The molecule has 0 amide bonds. The maximum absolute atomic E-state index is 5.76. The first-order chi connectivity index (χ1) is 6.27. The van der Waals surface area contributed by atoms with Crippen LogP contribution in [0.2, 0.25) is 0 Å². The summed E-state index contributed by atoms with van der Waals surface area (Å²) in [6.45, 7) is 1.78. The summed E-state index contributed by atoms with van der Waals surface area (Å²) < 4.78 is 10.0. The van der Waals surface area contributed by atoms with Crippen LogP contribution in [0.5, 0.6) is 0 Å². The number of alkyl halides is 1. The Hall–Kier alpha value is -1.29. The molecule has 0 aliphatic heterocycles. The third-order valence-corrected chi connectivity index (χ3v) is 1.72. The molecule has 1 atom stereocenters. The van der Waals surface area contributed by atoms with Crippen LogP contribution in [0.4, 0.5) is 0 Å². The summed E-state index contributed by atoms with van der Waals surface area (Å²) in [5.74, 6) is 1.37. The summed E-state index contributed by atoms with van der Waals surface area (Å²) >= 11 is 5.76. The van der Waals surface area contributed by atoms with Gasteiger partial charge in [-0.15, -0.1) is 11.6 Å². The molecule has 0 fully saturated rings. The standard InChI is InChI=1S/C8H7ClN2O2/c1-5(9)7-10-8(13-11-7)6-3-2-4-12-6/h2-5H,1H3. The molecule has 0 aliphatic rings. The van der Waals surface area contributed by atoms with Gasteiger partial charge in [-0.3, -0.25) is 0 Å². The van der Waals surface area contributed by atoms with E-state index in [2.05, 4.69) is 10.1 Å². The van der Waals surface area contributed by atoms with Crippen molar-refractivity contribution in [3.05, 3.63) is 24.2 Å². The molecule has 0 saturated heterocycles. The van der Waals surface area contributed by atoms with Crippen molar-refractivity contribution in [3.8, 4) is 11.7 Å². The van der Waals surface area contributed by atoms with Crippen molar-refractivity contribution in [2.24, 2.45) is 0 Å². The fraction of sp³-hybridized carbons (Fsp3) is 0.250. The minimum Gasteiger partial charge on any atom is -0.459 e. The highest BCUT2D eigenvalue weighted by atomic mass is 35.5. The molecule has 2 rings (SSSR count). The number of rotatable bonds is 2. The third kappa shape index (κ3) is 1.58. The molecule has 0 aromatic carbocycles. The first-order valence-corrected chi connectivity index (χ1v) is 4.22. The van der Waals surface area contributed by atoms with Crippen LogP contribution < -0.4 is 0 Å². The highest BCUT2D eigenvalue weighted by Crippen LogP contribution is 2.21. The Morgan fingerprint density at radius 3 is 2.92 bits per heavy atom. The van der Waals surface area contributed by atoms with E-state index in [1.54, 1.807) is 25.3 Å². The smallest absolute Gasteiger partial charge is 0.293 e. The summed E-state index contributed by atoms with van der Waals surface area (Å²) in [4.78, 5) is 4.05. The van der Waals surface area contributed by atoms with E-state index in [1.165, 1.54) is 0 Å². The number of aromatic nitrogens is 2. The lowest BCUT2D eigenvalue weighted by atomic mass is 10.4. The number of hydrogen-bond donors (Lipinski definition) is 0. The predicted molar refractivity (Wildman–Crippen MR) is 46.3 cm³/mol. The van der Waals surface area contributed by atoms with Crippen LogP contribution >= 0.6 is 11.6 Å². The summed E-state index contributed by atoms with van der Waals surface area (Å²) in [5, 5.41) is 3.44. The van der Waals surface area contributed by atoms with Crippen molar-refractivity contribution in [1.82, 2.24) is 10.1 Å². The van der Waals surface area contributed by atoms with Crippen LogP contribution in [0.1, 0.15) is 18.1 Å². The molecule has 2 aromatic rings. The third-order valence-electron chi connectivity index (χ3n) is 1.53. The van der Waals surface area contributed by atoms with Gasteiger partial charge in [0.2, 0.25) is 0 Å². The Balaban J connectivity index is 2.33. The molecule has 0 aliphatic carbocycles. The second-order valence-electron chi connectivity index (χ2n) is 2.55. The predicted octanol–water partition coefficient (Wildman–Crippen LogP) is 2.63. The Morgan fingerprint density at radius 2 is 2.38 bits per heavy atom. The molecule has 2 heterocycles. The monoisotopic (exact) mass is 198 g/mol. The summed E-state index contributed by atoms with van der Waals surface area (Å²) in [6.07, 6.45) is 1.54. The second kappa shape index (κ2) is 3.22. The molecular weight excluding hydrogens is 192 g/mol. The lowest BCUT2D eigenvalue weighted by molar-refractivity contribution is 0.409. The molecule has 2 aromatic heterocycles. The Kier molecular flexibility index (Phi) is 2.06. The van der Waals surface area contributed by atoms with Crippen molar-refractivity contribution in [1.29, 1.82) is 0 Å². The van der Waals surface area contributed by atoms with Gasteiger partial charge in [-0.25, -0.2) is 0 Å². The molecule has 0 saturated carbocycles. The van der Waals surface area contributed by atoms with E-state index in [-0.39, 0.29) is 5.38 Å². The van der Waals surface area contributed by atoms with Crippen LogP contribution in [0, 0.1) is 0 Å². The van der Waals surface area contributed by atoms with Gasteiger partial charge in [0.1, 0.15) is 0 Å². The highest BCUT2D eigenvalue weighted by molar-refractivity contribution is 6.20. The number of halogens is 1. The van der Waals surface area contributed by atoms with Gasteiger partial charge < -0.3 is 8.94 Å². The van der Waals surface area contributed by atoms with E-state index in [1.807, 2.05) is 0 Å². The number of furan rings is 1. The van der Waals surface area contributed by atoms with Crippen molar-refractivity contribution >= 4 is 11.6 Å². The first-order valence-electron chi connectivity index (χ1n) is 3.79. The van der Waals surface area contributed by atoms with E-state index in [0.29, 0.717) is 17.5 Å². The molecule has 4 nitrogen and oxygen atoms in total. The summed E-state index contributed by atoms with van der Waals surface area (Å²) in [6, 6.07) is 3.50. The molecular formula is C8H7ClN2O2. The van der Waals surface area contributed by atoms with Gasteiger partial charge in [0.15, 0.2) is 11.6 Å². The molecule has 1 unspecified atom stereocenters. The fourth-order valence-corrected chi connectivity index (χ4v) is 0.985. The topological polar surface area (TPSA) is 52.1 Å². The van der Waals surface area contributed by atoms with Gasteiger partial charge in [-0.05, 0) is 19.1 Å². The van der Waals surface area contributed by atoms with Crippen molar-refractivity contribution in [2.75, 3.05) is 0 Å². The van der Waals surface area contributed by atoms with Crippen molar-refractivity contribution < 1.29 is 8.94 Å². The van der Waals surface area contributed by atoms with E-state index in [0.717, 1.165) is 0 Å². The van der Waals surface area contributed by atoms with Crippen LogP contribution in [-0.2, 0) is 0 Å². The minimum absolute atomic E-state index is 0.257. The molecule has 0 spiro atoms. The number of hydrogen-bond acceptors (Lipinski definition) is 4. The zero-order valence-corrected chi connectivity index (χ0v) is 7.65. The molecule has 0 radical (unpaired) electrons. The van der Waals surface area contributed by atoms with Crippen LogP contribution in [0.3, 0.4) is 0 Å². The maximum atomic E-state index is 5.76. The molecule has 0 N–H and O–H groups in total. The molecule has 0 bridgehead atoms. The van der Waals surface area contributed by atoms with E-state index < -0.39 is 0 Å². The van der Waals surface area contributed by atoms with Gasteiger partial charge in [0, 0.05) is 0 Å². The van der Waals surface area contributed by atoms with Gasteiger partial charge in [0.05, 0.1) is 11.6 Å². The van der Waals surface area contributed by atoms with Crippen molar-refractivity contribution in [3.63, 3.8) is 0 Å².